The van der Waals surface area contributed by atoms with Crippen LogP contribution in [0.5, 0.6) is 5.75 Å². The van der Waals surface area contributed by atoms with E-state index in [4.69, 9.17) is 0 Å². The first-order chi connectivity index (χ1) is 14.3. The summed E-state index contributed by atoms with van der Waals surface area (Å²) in [7, 11) is 0. The van der Waals surface area contributed by atoms with Crippen LogP contribution < -0.4 is 10.2 Å². The van der Waals surface area contributed by atoms with Gasteiger partial charge in [0.05, 0.1) is 23.3 Å². The first-order valence-electron chi connectivity index (χ1n) is 8.57. The van der Waals surface area contributed by atoms with Crippen LogP contribution in [0.1, 0.15) is 0 Å². The highest BCUT2D eigenvalue weighted by Crippen LogP contribution is 2.25. The molecule has 0 radical (unpaired) electrons. The molecular weight excluding hydrogens is 404 g/mol. The van der Waals surface area contributed by atoms with E-state index in [1.165, 1.54) is 64.2 Å². The largest absolute Gasteiger partial charge is 0.573 e. The Morgan fingerprint density at radius 3 is 2.43 bits per heavy atom. The first-order valence-corrected chi connectivity index (χ1v) is 8.57. The van der Waals surface area contributed by atoms with Crippen molar-refractivity contribution >= 4 is 0 Å². The van der Waals surface area contributed by atoms with E-state index < -0.39 is 23.4 Å². The third-order valence-corrected chi connectivity index (χ3v) is 4.08. The van der Waals surface area contributed by atoms with E-state index in [0.717, 1.165) is 12.1 Å². The maximum Gasteiger partial charge on any atom is 0.573 e. The van der Waals surface area contributed by atoms with Gasteiger partial charge in [-0.05, 0) is 42.5 Å². The van der Waals surface area contributed by atoms with Gasteiger partial charge in [0.2, 0.25) is 5.43 Å². The van der Waals surface area contributed by atoms with E-state index in [0.29, 0.717) is 11.4 Å². The number of hydrogen-bond donors (Lipinski definition) is 0. The zero-order valence-electron chi connectivity index (χ0n) is 15.0. The Labute approximate surface area is 166 Å². The molecule has 0 N–H and O–H groups in total. The summed E-state index contributed by atoms with van der Waals surface area (Å²) in [5.74, 6) is -0.841. The van der Waals surface area contributed by atoms with E-state index in [2.05, 4.69) is 14.9 Å². The Morgan fingerprint density at radius 1 is 0.933 bits per heavy atom. The first kappa shape index (κ1) is 19.4. The second-order valence-corrected chi connectivity index (χ2v) is 6.12. The summed E-state index contributed by atoms with van der Waals surface area (Å²) in [6.07, 6.45) is -2.05. The van der Waals surface area contributed by atoms with Gasteiger partial charge in [0, 0.05) is 18.3 Å². The molecule has 0 fully saturated rings. The lowest BCUT2D eigenvalue weighted by atomic mass is 10.2. The Balaban J connectivity index is 1.76. The van der Waals surface area contributed by atoms with Crippen molar-refractivity contribution in [2.75, 3.05) is 0 Å². The zero-order valence-corrected chi connectivity index (χ0v) is 15.0. The Hall–Kier alpha value is -3.95. The summed E-state index contributed by atoms with van der Waals surface area (Å²) in [6.45, 7) is 0. The van der Waals surface area contributed by atoms with Crippen molar-refractivity contribution in [1.29, 1.82) is 0 Å². The van der Waals surface area contributed by atoms with E-state index in [1.807, 2.05) is 0 Å². The molecule has 0 bridgehead atoms. The van der Waals surface area contributed by atoms with E-state index in [1.54, 1.807) is 6.07 Å². The van der Waals surface area contributed by atoms with Crippen molar-refractivity contribution in [2.45, 2.75) is 6.36 Å². The molecule has 0 saturated heterocycles. The molecule has 4 rings (SSSR count). The summed E-state index contributed by atoms with van der Waals surface area (Å²) in [6, 6.07) is 13.5. The van der Waals surface area contributed by atoms with Gasteiger partial charge in [-0.1, -0.05) is 6.07 Å². The average Bonchev–Trinajstić information content (AvgIpc) is 3.17. The predicted molar refractivity (Wildman–Crippen MR) is 99.0 cm³/mol. The molecule has 2 aromatic heterocycles. The third-order valence-electron chi connectivity index (χ3n) is 4.08. The molecule has 0 atom stereocenters. The van der Waals surface area contributed by atoms with Crippen LogP contribution in [-0.4, -0.2) is 25.9 Å². The smallest absolute Gasteiger partial charge is 0.406 e. The fraction of sp³-hybridized carbons (Fsp3) is 0.0500. The number of hydrogen-bond acceptors (Lipinski definition) is 4. The van der Waals surface area contributed by atoms with Gasteiger partial charge in [0.25, 0.3) is 0 Å². The molecule has 2 aromatic carbocycles. The highest BCUT2D eigenvalue weighted by molar-refractivity contribution is 5.57. The molecule has 10 heteroatoms. The van der Waals surface area contributed by atoms with Crippen LogP contribution in [0.15, 0.2) is 77.9 Å². The Kier molecular flexibility index (Phi) is 4.82. The normalized spacial score (nSPS) is 11.5. The fourth-order valence-corrected chi connectivity index (χ4v) is 2.82. The summed E-state index contributed by atoms with van der Waals surface area (Å²) >= 11 is 0. The van der Waals surface area contributed by atoms with E-state index >= 15 is 0 Å². The van der Waals surface area contributed by atoms with Gasteiger partial charge in [0.1, 0.15) is 11.6 Å². The van der Waals surface area contributed by atoms with Crippen molar-refractivity contribution in [2.24, 2.45) is 0 Å². The Morgan fingerprint density at radius 2 is 1.70 bits per heavy atom. The lowest BCUT2D eigenvalue weighted by Crippen LogP contribution is -2.17. The van der Waals surface area contributed by atoms with Crippen LogP contribution >= 0.6 is 0 Å². The van der Waals surface area contributed by atoms with Crippen LogP contribution in [0.2, 0.25) is 0 Å². The molecule has 0 aliphatic heterocycles. The molecule has 0 amide bonds. The minimum absolute atomic E-state index is 0.0152. The van der Waals surface area contributed by atoms with Crippen LogP contribution in [0.4, 0.5) is 17.6 Å². The van der Waals surface area contributed by atoms with Crippen LogP contribution in [0.3, 0.4) is 0 Å². The fourth-order valence-electron chi connectivity index (χ4n) is 2.82. The number of aromatic nitrogens is 4. The summed E-state index contributed by atoms with van der Waals surface area (Å²) in [4.78, 5) is 12.4. The molecule has 0 unspecified atom stereocenters. The highest BCUT2D eigenvalue weighted by Gasteiger charge is 2.31. The number of nitrogens with zero attached hydrogens (tertiary/aromatic N) is 4. The summed E-state index contributed by atoms with van der Waals surface area (Å²) < 4.78 is 57.3. The van der Waals surface area contributed by atoms with Gasteiger partial charge in [-0.3, -0.25) is 4.79 Å². The van der Waals surface area contributed by atoms with Crippen molar-refractivity contribution in [3.63, 3.8) is 0 Å². The van der Waals surface area contributed by atoms with Gasteiger partial charge in [-0.15, -0.1) is 13.2 Å². The molecule has 0 saturated carbocycles. The molecule has 0 aliphatic rings. The second-order valence-electron chi connectivity index (χ2n) is 6.12. The standard InChI is InChI=1S/C20H12F4N4O2/c21-13-4-6-14(7-5-13)28-17(8-10-25-28)19-18(29)9-11-27(26-19)15-2-1-3-16(12-15)30-20(22,23)24/h1-12H. The molecule has 0 aliphatic carbocycles. The van der Waals surface area contributed by atoms with Crippen molar-refractivity contribution in [3.05, 3.63) is 89.1 Å². The minimum atomic E-state index is -4.83. The number of alkyl halides is 3. The topological polar surface area (TPSA) is 61.9 Å². The molecule has 152 valence electrons. The molecule has 30 heavy (non-hydrogen) atoms. The summed E-state index contributed by atoms with van der Waals surface area (Å²) in [5, 5.41) is 8.41. The van der Waals surface area contributed by atoms with Gasteiger partial charge >= 0.3 is 6.36 Å². The SMILES string of the molecule is O=c1ccn(-c2cccc(OC(F)(F)F)c2)nc1-c1ccnn1-c1ccc(F)cc1. The van der Waals surface area contributed by atoms with Crippen LogP contribution in [-0.2, 0) is 0 Å². The molecule has 0 spiro atoms. The Bertz CT molecular complexity index is 1250. The molecular formula is C20H12F4N4O2. The second kappa shape index (κ2) is 7.47. The minimum Gasteiger partial charge on any atom is -0.406 e. The predicted octanol–water partition coefficient (Wildman–Crippen LogP) is 4.12. The van der Waals surface area contributed by atoms with Crippen molar-refractivity contribution < 1.29 is 22.3 Å². The third kappa shape index (κ3) is 4.07. The monoisotopic (exact) mass is 416 g/mol. The molecule has 2 heterocycles. The van der Waals surface area contributed by atoms with Gasteiger partial charge in [-0.2, -0.15) is 10.2 Å². The van der Waals surface area contributed by atoms with E-state index in [-0.39, 0.29) is 11.4 Å². The number of ether oxygens (including phenoxy) is 1. The van der Waals surface area contributed by atoms with Crippen LogP contribution in [0.25, 0.3) is 22.8 Å². The van der Waals surface area contributed by atoms with Crippen molar-refractivity contribution in [3.8, 4) is 28.5 Å². The van der Waals surface area contributed by atoms with Crippen LogP contribution in [0, 0.1) is 5.82 Å². The highest BCUT2D eigenvalue weighted by atomic mass is 19.4. The number of halogens is 4. The summed E-state index contributed by atoms with van der Waals surface area (Å²) in [5.41, 5.74) is 0.697. The van der Waals surface area contributed by atoms with Crippen molar-refractivity contribution in [1.82, 2.24) is 19.6 Å². The maximum absolute atomic E-state index is 13.2. The van der Waals surface area contributed by atoms with Gasteiger partial charge in [0.15, 0.2) is 5.69 Å². The lowest BCUT2D eigenvalue weighted by molar-refractivity contribution is -0.274. The molecule has 6 nitrogen and oxygen atoms in total. The lowest BCUT2D eigenvalue weighted by Gasteiger charge is -2.12. The number of rotatable bonds is 4. The van der Waals surface area contributed by atoms with Gasteiger partial charge < -0.3 is 4.74 Å². The average molecular weight is 416 g/mol. The van der Waals surface area contributed by atoms with Gasteiger partial charge in [-0.25, -0.2) is 13.8 Å². The maximum atomic E-state index is 13.2. The van der Waals surface area contributed by atoms with E-state index in [9.17, 15) is 22.4 Å². The number of benzene rings is 2. The molecule has 4 aromatic rings. The quantitative estimate of drug-likeness (QED) is 0.470. The zero-order chi connectivity index (χ0) is 21.3.